The fourth-order valence-electron chi connectivity index (χ4n) is 3.25. The zero-order valence-corrected chi connectivity index (χ0v) is 18.0. The minimum Gasteiger partial charge on any atom is -0.486 e. The first kappa shape index (κ1) is 21.4. The van der Waals surface area contributed by atoms with E-state index < -0.39 is 5.91 Å². The Morgan fingerprint density at radius 1 is 1.12 bits per heavy atom. The number of halogens is 1. The van der Waals surface area contributed by atoms with Crippen LogP contribution < -0.4 is 10.1 Å². The lowest BCUT2D eigenvalue weighted by Crippen LogP contribution is -2.12. The van der Waals surface area contributed by atoms with Crippen molar-refractivity contribution in [1.29, 1.82) is 0 Å². The second-order valence-corrected chi connectivity index (χ2v) is 7.43. The summed E-state index contributed by atoms with van der Waals surface area (Å²) in [4.78, 5) is 12.6. The van der Waals surface area contributed by atoms with Gasteiger partial charge in [0.05, 0.1) is 6.54 Å². The molecule has 32 heavy (non-hydrogen) atoms. The number of aromatic nitrogens is 2. The first-order chi connectivity index (χ1) is 15.5. The molecule has 0 unspecified atom stereocenters. The molecule has 7 heteroatoms. The number of nitrogens with zero attached hydrogens (tertiary/aromatic N) is 2. The fourth-order valence-corrected chi connectivity index (χ4v) is 3.25. The first-order valence-corrected chi connectivity index (χ1v) is 10.4. The minimum absolute atomic E-state index is 0.159. The van der Waals surface area contributed by atoms with E-state index in [0.29, 0.717) is 17.1 Å². The van der Waals surface area contributed by atoms with Gasteiger partial charge in [-0.15, -0.1) is 0 Å². The molecule has 0 bridgehead atoms. The quantitative estimate of drug-likeness (QED) is 0.406. The number of hydrogen-bond donors (Lipinski definition) is 1. The number of rotatable bonds is 8. The van der Waals surface area contributed by atoms with Crippen molar-refractivity contribution in [2.24, 2.45) is 0 Å². The van der Waals surface area contributed by atoms with E-state index in [0.717, 1.165) is 17.9 Å². The number of furan rings is 1. The van der Waals surface area contributed by atoms with Crippen molar-refractivity contribution < 1.29 is 18.3 Å². The monoisotopic (exact) mass is 433 g/mol. The van der Waals surface area contributed by atoms with Crippen LogP contribution in [-0.4, -0.2) is 15.7 Å². The standard InChI is InChI=1S/C25H24FN3O3/c1-3-18-8-10-20(11-9-18)31-16-21-12-13-23(32-21)25(30)27-24-14-17(2)29(28-24)15-19-6-4-5-7-22(19)26/h4-14H,3,15-16H2,1-2H3,(H,27,28,30). The van der Waals surface area contributed by atoms with Gasteiger partial charge < -0.3 is 14.5 Å². The summed E-state index contributed by atoms with van der Waals surface area (Å²) in [5.74, 6) is 1.09. The van der Waals surface area contributed by atoms with Crippen molar-refractivity contribution in [3.63, 3.8) is 0 Å². The molecule has 0 radical (unpaired) electrons. The van der Waals surface area contributed by atoms with Crippen molar-refractivity contribution in [1.82, 2.24) is 9.78 Å². The molecule has 0 atom stereocenters. The van der Waals surface area contributed by atoms with Crippen LogP contribution in [0.4, 0.5) is 10.2 Å². The van der Waals surface area contributed by atoms with Gasteiger partial charge in [-0.2, -0.15) is 5.10 Å². The molecule has 0 aliphatic rings. The van der Waals surface area contributed by atoms with Gasteiger partial charge in [-0.3, -0.25) is 9.48 Å². The molecule has 164 valence electrons. The Balaban J connectivity index is 1.36. The van der Waals surface area contributed by atoms with Crippen LogP contribution in [0.2, 0.25) is 0 Å². The number of benzene rings is 2. The molecule has 0 fully saturated rings. The first-order valence-electron chi connectivity index (χ1n) is 10.4. The SMILES string of the molecule is CCc1ccc(OCc2ccc(C(=O)Nc3cc(C)n(Cc4ccccc4F)n3)o2)cc1. The molecule has 6 nitrogen and oxygen atoms in total. The molecule has 1 N–H and O–H groups in total. The molecule has 0 aliphatic heterocycles. The molecule has 2 aromatic carbocycles. The fraction of sp³-hybridized carbons (Fsp3) is 0.200. The Labute approximate surface area is 185 Å². The highest BCUT2D eigenvalue weighted by molar-refractivity contribution is 6.01. The topological polar surface area (TPSA) is 69.3 Å². The van der Waals surface area contributed by atoms with Gasteiger partial charge in [0.15, 0.2) is 11.6 Å². The van der Waals surface area contributed by atoms with Gasteiger partial charge in [-0.25, -0.2) is 4.39 Å². The lowest BCUT2D eigenvalue weighted by molar-refractivity contribution is 0.0992. The van der Waals surface area contributed by atoms with Crippen molar-refractivity contribution in [2.45, 2.75) is 33.4 Å². The number of aryl methyl sites for hydroxylation is 2. The molecule has 0 saturated heterocycles. The van der Waals surface area contributed by atoms with E-state index in [-0.39, 0.29) is 24.7 Å². The van der Waals surface area contributed by atoms with Crippen molar-refractivity contribution in [3.8, 4) is 5.75 Å². The number of anilines is 1. The maximum absolute atomic E-state index is 13.9. The summed E-state index contributed by atoms with van der Waals surface area (Å²) in [6, 6.07) is 19.4. The Morgan fingerprint density at radius 3 is 2.66 bits per heavy atom. The van der Waals surface area contributed by atoms with Crippen LogP contribution in [0.15, 0.2) is 71.1 Å². The predicted molar refractivity (Wildman–Crippen MR) is 119 cm³/mol. The summed E-state index contributed by atoms with van der Waals surface area (Å²) in [5.41, 5.74) is 2.56. The number of carbonyl (C=O) groups excluding carboxylic acids is 1. The van der Waals surface area contributed by atoms with E-state index in [2.05, 4.69) is 17.3 Å². The average Bonchev–Trinajstić information content (AvgIpc) is 3.41. The molecular weight excluding hydrogens is 409 g/mol. The molecular formula is C25H24FN3O3. The minimum atomic E-state index is -0.418. The summed E-state index contributed by atoms with van der Waals surface area (Å²) >= 11 is 0. The third-order valence-electron chi connectivity index (χ3n) is 5.10. The lowest BCUT2D eigenvalue weighted by atomic mass is 10.2. The molecule has 2 aromatic heterocycles. The molecule has 2 heterocycles. The van der Waals surface area contributed by atoms with E-state index in [4.69, 9.17) is 9.15 Å². The normalized spacial score (nSPS) is 10.8. The molecule has 0 spiro atoms. The van der Waals surface area contributed by atoms with Crippen LogP contribution in [0.25, 0.3) is 0 Å². The van der Waals surface area contributed by atoms with E-state index in [1.165, 1.54) is 11.6 Å². The summed E-state index contributed by atoms with van der Waals surface area (Å²) in [5, 5.41) is 7.08. The third-order valence-corrected chi connectivity index (χ3v) is 5.10. The van der Waals surface area contributed by atoms with Gasteiger partial charge in [0.2, 0.25) is 0 Å². The largest absolute Gasteiger partial charge is 0.486 e. The zero-order valence-electron chi connectivity index (χ0n) is 18.0. The van der Waals surface area contributed by atoms with Gasteiger partial charge in [0.1, 0.15) is 23.9 Å². The molecule has 0 aliphatic carbocycles. The number of amides is 1. The smallest absolute Gasteiger partial charge is 0.292 e. The summed E-state index contributed by atoms with van der Waals surface area (Å²) in [6.45, 7) is 4.43. The maximum Gasteiger partial charge on any atom is 0.292 e. The highest BCUT2D eigenvalue weighted by Gasteiger charge is 2.15. The van der Waals surface area contributed by atoms with Gasteiger partial charge in [0.25, 0.3) is 5.91 Å². The lowest BCUT2D eigenvalue weighted by Gasteiger charge is -2.05. The summed E-state index contributed by atoms with van der Waals surface area (Å²) in [7, 11) is 0. The Hall–Kier alpha value is -3.87. The van der Waals surface area contributed by atoms with Crippen LogP contribution in [0, 0.1) is 12.7 Å². The van der Waals surface area contributed by atoms with Crippen molar-refractivity contribution in [3.05, 3.63) is 101 Å². The second-order valence-electron chi connectivity index (χ2n) is 7.43. The van der Waals surface area contributed by atoms with E-state index in [1.54, 1.807) is 41.1 Å². The zero-order chi connectivity index (χ0) is 22.5. The Kier molecular flexibility index (Phi) is 6.35. The van der Waals surface area contributed by atoms with Gasteiger partial charge in [-0.1, -0.05) is 37.3 Å². The van der Waals surface area contributed by atoms with Crippen molar-refractivity contribution in [2.75, 3.05) is 5.32 Å². The van der Waals surface area contributed by atoms with Gasteiger partial charge in [-0.05, 0) is 49.2 Å². The van der Waals surface area contributed by atoms with Crippen LogP contribution >= 0.6 is 0 Å². The Bertz CT molecular complexity index is 1210. The van der Waals surface area contributed by atoms with E-state index >= 15 is 0 Å². The van der Waals surface area contributed by atoms with Crippen LogP contribution in [0.3, 0.4) is 0 Å². The number of hydrogen-bond acceptors (Lipinski definition) is 4. The molecule has 1 amide bonds. The van der Waals surface area contributed by atoms with Gasteiger partial charge in [0, 0.05) is 17.3 Å². The van der Waals surface area contributed by atoms with Crippen LogP contribution in [-0.2, 0) is 19.6 Å². The number of nitrogens with one attached hydrogen (secondary N) is 1. The third kappa shape index (κ3) is 5.06. The van der Waals surface area contributed by atoms with Crippen LogP contribution in [0.1, 0.15) is 40.1 Å². The van der Waals surface area contributed by atoms with E-state index in [9.17, 15) is 9.18 Å². The summed E-state index contributed by atoms with van der Waals surface area (Å²) in [6.07, 6.45) is 0.970. The molecule has 0 saturated carbocycles. The predicted octanol–water partition coefficient (Wildman–Crippen LogP) is 5.37. The maximum atomic E-state index is 13.9. The highest BCUT2D eigenvalue weighted by atomic mass is 19.1. The highest BCUT2D eigenvalue weighted by Crippen LogP contribution is 2.18. The van der Waals surface area contributed by atoms with Gasteiger partial charge >= 0.3 is 0 Å². The number of ether oxygens (including phenoxy) is 1. The molecule has 4 rings (SSSR count). The van der Waals surface area contributed by atoms with Crippen molar-refractivity contribution >= 4 is 11.7 Å². The van der Waals surface area contributed by atoms with Crippen LogP contribution in [0.5, 0.6) is 5.75 Å². The van der Waals surface area contributed by atoms with E-state index in [1.807, 2.05) is 31.2 Å². The second kappa shape index (κ2) is 9.51. The average molecular weight is 433 g/mol. The summed E-state index contributed by atoms with van der Waals surface area (Å²) < 4.78 is 26.9. The molecule has 4 aromatic rings. The Morgan fingerprint density at radius 2 is 1.91 bits per heavy atom. The number of carbonyl (C=O) groups is 1.